The average molecular weight is 620 g/mol. The van der Waals surface area contributed by atoms with E-state index in [2.05, 4.69) is 58.9 Å². The summed E-state index contributed by atoms with van der Waals surface area (Å²) < 4.78 is 13.7. The van der Waals surface area contributed by atoms with Gasteiger partial charge in [-0.25, -0.2) is 14.4 Å². The first-order chi connectivity index (χ1) is 22.4. The van der Waals surface area contributed by atoms with Gasteiger partial charge in [-0.1, -0.05) is 30.3 Å². The van der Waals surface area contributed by atoms with Crippen molar-refractivity contribution in [2.24, 2.45) is 0 Å². The largest absolute Gasteiger partial charge is 0.353 e. The van der Waals surface area contributed by atoms with Gasteiger partial charge in [0.05, 0.1) is 11.3 Å². The first-order valence-corrected chi connectivity index (χ1v) is 16.7. The van der Waals surface area contributed by atoms with Gasteiger partial charge in [0.1, 0.15) is 17.5 Å². The van der Waals surface area contributed by atoms with Gasteiger partial charge in [0, 0.05) is 69.7 Å². The number of amides is 1. The lowest BCUT2D eigenvalue weighted by Crippen LogP contribution is -2.47. The number of rotatable bonds is 6. The molecule has 0 radical (unpaired) electrons. The molecule has 5 heterocycles. The Kier molecular flexibility index (Phi) is 8.56. The van der Waals surface area contributed by atoms with Crippen LogP contribution in [-0.2, 0) is 0 Å². The van der Waals surface area contributed by atoms with Crippen LogP contribution < -0.4 is 14.7 Å². The van der Waals surface area contributed by atoms with Crippen molar-refractivity contribution in [3.8, 4) is 11.3 Å². The summed E-state index contributed by atoms with van der Waals surface area (Å²) in [5.74, 6) is 2.89. The van der Waals surface area contributed by atoms with Gasteiger partial charge < -0.3 is 19.6 Å². The molecule has 0 aliphatic carbocycles. The fourth-order valence-corrected chi connectivity index (χ4v) is 7.20. The van der Waals surface area contributed by atoms with Crippen LogP contribution >= 0.6 is 0 Å². The molecule has 238 valence electrons. The van der Waals surface area contributed by atoms with Crippen molar-refractivity contribution in [1.82, 2.24) is 19.9 Å². The number of benzene rings is 2. The minimum Gasteiger partial charge on any atom is -0.353 e. The fourth-order valence-electron chi connectivity index (χ4n) is 7.20. The number of likely N-dealkylation sites (tertiary alicyclic amines) is 1. The topological polar surface area (TPSA) is 68.7 Å². The SMILES string of the molecule is Cc1cc(C(=O)N2CCC(c3ccccc3)CC2)cnc1N1CCN(c2cc(-c3ccc(F)cc3)nc(N3CCCC3C)n2)CC1. The van der Waals surface area contributed by atoms with Crippen LogP contribution in [0.4, 0.5) is 22.0 Å². The number of hydrogen-bond acceptors (Lipinski definition) is 7. The lowest BCUT2D eigenvalue weighted by Gasteiger charge is -2.37. The van der Waals surface area contributed by atoms with Crippen LogP contribution in [0.2, 0.25) is 0 Å². The Bertz CT molecular complexity index is 1670. The molecular formula is C37H42FN7O. The van der Waals surface area contributed by atoms with Gasteiger partial charge in [0.25, 0.3) is 5.91 Å². The Morgan fingerprint density at radius 2 is 1.54 bits per heavy atom. The Morgan fingerprint density at radius 3 is 2.22 bits per heavy atom. The molecule has 1 amide bonds. The van der Waals surface area contributed by atoms with Crippen molar-refractivity contribution in [1.29, 1.82) is 0 Å². The first-order valence-electron chi connectivity index (χ1n) is 16.7. The van der Waals surface area contributed by atoms with E-state index in [0.29, 0.717) is 17.5 Å². The molecular weight excluding hydrogens is 577 g/mol. The van der Waals surface area contributed by atoms with Crippen molar-refractivity contribution < 1.29 is 9.18 Å². The monoisotopic (exact) mass is 619 g/mol. The van der Waals surface area contributed by atoms with E-state index in [1.807, 2.05) is 17.0 Å². The second-order valence-electron chi connectivity index (χ2n) is 12.9. The molecule has 3 saturated heterocycles. The average Bonchev–Trinajstić information content (AvgIpc) is 3.54. The molecule has 3 aliphatic heterocycles. The number of piperazine rings is 1. The molecule has 7 rings (SSSR count). The lowest BCUT2D eigenvalue weighted by atomic mass is 9.89. The summed E-state index contributed by atoms with van der Waals surface area (Å²) in [5.41, 5.74) is 4.74. The van der Waals surface area contributed by atoms with Crippen molar-refractivity contribution in [3.05, 3.63) is 95.4 Å². The molecule has 9 heteroatoms. The van der Waals surface area contributed by atoms with Gasteiger partial charge in [-0.05, 0) is 86.9 Å². The fraction of sp³-hybridized carbons (Fsp3) is 0.405. The van der Waals surface area contributed by atoms with Crippen LogP contribution in [0.25, 0.3) is 11.3 Å². The number of anilines is 3. The normalized spacial score (nSPS) is 19.2. The van der Waals surface area contributed by atoms with E-state index in [4.69, 9.17) is 15.0 Å². The number of hydrogen-bond donors (Lipinski definition) is 0. The summed E-state index contributed by atoms with van der Waals surface area (Å²) in [4.78, 5) is 37.0. The highest BCUT2D eigenvalue weighted by Gasteiger charge is 2.28. The molecule has 0 saturated carbocycles. The summed E-state index contributed by atoms with van der Waals surface area (Å²) in [7, 11) is 0. The van der Waals surface area contributed by atoms with E-state index in [0.717, 1.165) is 106 Å². The number of aromatic nitrogens is 3. The molecule has 1 unspecified atom stereocenters. The second-order valence-corrected chi connectivity index (χ2v) is 12.9. The Balaban J connectivity index is 1.02. The number of carbonyl (C=O) groups excluding carboxylic acids is 1. The molecule has 2 aromatic heterocycles. The third-order valence-corrected chi connectivity index (χ3v) is 9.90. The van der Waals surface area contributed by atoms with E-state index >= 15 is 0 Å². The van der Waals surface area contributed by atoms with Gasteiger partial charge >= 0.3 is 0 Å². The molecule has 8 nitrogen and oxygen atoms in total. The quantitative estimate of drug-likeness (QED) is 0.250. The predicted molar refractivity (Wildman–Crippen MR) is 181 cm³/mol. The highest BCUT2D eigenvalue weighted by atomic mass is 19.1. The minimum absolute atomic E-state index is 0.0716. The highest BCUT2D eigenvalue weighted by Crippen LogP contribution is 2.31. The second kappa shape index (κ2) is 13.1. The van der Waals surface area contributed by atoms with E-state index < -0.39 is 0 Å². The van der Waals surface area contributed by atoms with Crippen molar-refractivity contribution >= 4 is 23.5 Å². The number of halogens is 1. The lowest BCUT2D eigenvalue weighted by molar-refractivity contribution is 0.0712. The number of pyridine rings is 1. The maximum atomic E-state index is 13.7. The molecule has 3 fully saturated rings. The Labute approximate surface area is 270 Å². The summed E-state index contributed by atoms with van der Waals surface area (Å²) in [6, 6.07) is 21.6. The Morgan fingerprint density at radius 1 is 0.826 bits per heavy atom. The standard InChI is InChI=1S/C37H42FN7O/c1-26-23-31(36(46)44-17-14-29(15-18-44)28-8-4-3-5-9-28)25-39-35(26)43-21-19-42(20-22-43)34-24-33(30-10-12-32(38)13-11-30)40-37(41-34)45-16-6-7-27(45)2/h3-5,8-13,23-25,27,29H,6-7,14-22H2,1-2H3. The summed E-state index contributed by atoms with van der Waals surface area (Å²) >= 11 is 0. The van der Waals surface area contributed by atoms with E-state index in [-0.39, 0.29) is 11.7 Å². The summed E-state index contributed by atoms with van der Waals surface area (Å²) in [6.45, 7) is 9.91. The first kappa shape index (κ1) is 30.1. The zero-order chi connectivity index (χ0) is 31.6. The zero-order valence-electron chi connectivity index (χ0n) is 26.8. The van der Waals surface area contributed by atoms with Gasteiger partial charge in [-0.15, -0.1) is 0 Å². The van der Waals surface area contributed by atoms with E-state index in [9.17, 15) is 9.18 Å². The van der Waals surface area contributed by atoms with Crippen LogP contribution in [0.15, 0.2) is 72.9 Å². The highest BCUT2D eigenvalue weighted by molar-refractivity contribution is 5.94. The Hall–Kier alpha value is -4.53. The van der Waals surface area contributed by atoms with Crippen molar-refractivity contribution in [2.75, 3.05) is 60.5 Å². The third kappa shape index (κ3) is 6.28. The predicted octanol–water partition coefficient (Wildman–Crippen LogP) is 6.32. The molecule has 3 aliphatic rings. The molecule has 0 N–H and O–H groups in total. The van der Waals surface area contributed by atoms with Crippen LogP contribution in [0.1, 0.15) is 60.0 Å². The van der Waals surface area contributed by atoms with Gasteiger partial charge in [-0.2, -0.15) is 4.98 Å². The van der Waals surface area contributed by atoms with Crippen LogP contribution in [0.3, 0.4) is 0 Å². The zero-order valence-corrected chi connectivity index (χ0v) is 26.8. The number of nitrogens with zero attached hydrogens (tertiary/aromatic N) is 7. The molecule has 4 aromatic rings. The maximum absolute atomic E-state index is 13.7. The summed E-state index contributed by atoms with van der Waals surface area (Å²) in [5, 5.41) is 0. The molecule has 0 bridgehead atoms. The van der Waals surface area contributed by atoms with E-state index in [1.54, 1.807) is 18.3 Å². The minimum atomic E-state index is -0.257. The molecule has 1 atom stereocenters. The number of carbonyl (C=O) groups is 1. The van der Waals surface area contributed by atoms with Gasteiger partial charge in [-0.3, -0.25) is 4.79 Å². The molecule has 46 heavy (non-hydrogen) atoms. The third-order valence-electron chi connectivity index (χ3n) is 9.90. The van der Waals surface area contributed by atoms with Crippen LogP contribution in [0, 0.1) is 12.7 Å². The van der Waals surface area contributed by atoms with Crippen LogP contribution in [0.5, 0.6) is 0 Å². The maximum Gasteiger partial charge on any atom is 0.255 e. The smallest absolute Gasteiger partial charge is 0.255 e. The number of piperidine rings is 1. The van der Waals surface area contributed by atoms with Gasteiger partial charge in [0.15, 0.2) is 0 Å². The molecule has 0 spiro atoms. The van der Waals surface area contributed by atoms with Crippen molar-refractivity contribution in [3.63, 3.8) is 0 Å². The van der Waals surface area contributed by atoms with Gasteiger partial charge in [0.2, 0.25) is 5.95 Å². The van der Waals surface area contributed by atoms with Crippen LogP contribution in [-0.4, -0.2) is 77.6 Å². The van der Waals surface area contributed by atoms with Crippen molar-refractivity contribution in [2.45, 2.75) is 51.5 Å². The van der Waals surface area contributed by atoms with E-state index in [1.165, 1.54) is 17.7 Å². The molecule has 2 aromatic carbocycles. The number of aryl methyl sites for hydroxylation is 1. The summed E-state index contributed by atoms with van der Waals surface area (Å²) in [6.07, 6.45) is 5.98.